The number of anilines is 1. The Morgan fingerprint density at radius 3 is 2.72 bits per heavy atom. The van der Waals surface area contributed by atoms with E-state index >= 15 is 0 Å². The standard InChI is InChI=1S/C13H14ClN3O/c1-18-9-4-5-11-10(8-9)12(16-13(14)15-11)17-6-2-3-7-17/h4-5,8H,2-3,6-7H2,1H3. The molecular weight excluding hydrogens is 250 g/mol. The molecule has 1 aliphatic rings. The zero-order valence-electron chi connectivity index (χ0n) is 10.2. The molecule has 94 valence electrons. The number of ether oxygens (including phenoxy) is 1. The number of hydrogen-bond acceptors (Lipinski definition) is 4. The molecule has 1 saturated heterocycles. The van der Waals surface area contributed by atoms with Crippen molar-refractivity contribution in [1.82, 2.24) is 9.97 Å². The van der Waals surface area contributed by atoms with E-state index in [0.717, 1.165) is 35.6 Å². The third-order valence-corrected chi connectivity index (χ3v) is 3.43. The van der Waals surface area contributed by atoms with E-state index in [2.05, 4.69) is 14.9 Å². The van der Waals surface area contributed by atoms with Crippen LogP contribution in [-0.4, -0.2) is 30.2 Å². The zero-order chi connectivity index (χ0) is 12.5. The van der Waals surface area contributed by atoms with Crippen molar-refractivity contribution in [2.75, 3.05) is 25.1 Å². The van der Waals surface area contributed by atoms with E-state index in [0.29, 0.717) is 5.28 Å². The molecule has 1 fully saturated rings. The van der Waals surface area contributed by atoms with Crippen molar-refractivity contribution in [1.29, 1.82) is 0 Å². The maximum atomic E-state index is 6.00. The van der Waals surface area contributed by atoms with Gasteiger partial charge in [0.05, 0.1) is 12.6 Å². The molecule has 18 heavy (non-hydrogen) atoms. The second kappa shape index (κ2) is 4.61. The van der Waals surface area contributed by atoms with E-state index in [4.69, 9.17) is 16.3 Å². The van der Waals surface area contributed by atoms with Gasteiger partial charge in [0.15, 0.2) is 0 Å². The average Bonchev–Trinajstić information content (AvgIpc) is 2.91. The molecule has 0 N–H and O–H groups in total. The van der Waals surface area contributed by atoms with Gasteiger partial charge in [-0.15, -0.1) is 0 Å². The van der Waals surface area contributed by atoms with Crippen molar-refractivity contribution in [2.45, 2.75) is 12.8 Å². The number of hydrogen-bond donors (Lipinski definition) is 0. The maximum absolute atomic E-state index is 6.00. The quantitative estimate of drug-likeness (QED) is 0.781. The summed E-state index contributed by atoms with van der Waals surface area (Å²) < 4.78 is 5.26. The summed E-state index contributed by atoms with van der Waals surface area (Å²) in [5.74, 6) is 1.73. The molecule has 4 nitrogen and oxygen atoms in total. The summed E-state index contributed by atoms with van der Waals surface area (Å²) in [6.45, 7) is 2.05. The molecule has 0 saturated carbocycles. The first-order valence-electron chi connectivity index (χ1n) is 6.04. The van der Waals surface area contributed by atoms with Crippen LogP contribution in [0.3, 0.4) is 0 Å². The van der Waals surface area contributed by atoms with E-state index < -0.39 is 0 Å². The van der Waals surface area contributed by atoms with Crippen molar-refractivity contribution < 1.29 is 4.74 Å². The minimum absolute atomic E-state index is 0.301. The Kier molecular flexibility index (Phi) is 2.96. The van der Waals surface area contributed by atoms with Crippen molar-refractivity contribution in [3.05, 3.63) is 23.5 Å². The van der Waals surface area contributed by atoms with Crippen LogP contribution in [0.1, 0.15) is 12.8 Å². The van der Waals surface area contributed by atoms with Gasteiger partial charge in [-0.3, -0.25) is 0 Å². The van der Waals surface area contributed by atoms with E-state index in [9.17, 15) is 0 Å². The molecule has 0 bridgehead atoms. The number of aromatic nitrogens is 2. The monoisotopic (exact) mass is 263 g/mol. The summed E-state index contributed by atoms with van der Waals surface area (Å²) in [5, 5.41) is 1.30. The van der Waals surface area contributed by atoms with Crippen molar-refractivity contribution in [3.8, 4) is 5.75 Å². The van der Waals surface area contributed by atoms with Crippen LogP contribution in [-0.2, 0) is 0 Å². The minimum atomic E-state index is 0.301. The SMILES string of the molecule is COc1ccc2nc(Cl)nc(N3CCCC3)c2c1. The predicted octanol–water partition coefficient (Wildman–Crippen LogP) is 2.89. The van der Waals surface area contributed by atoms with E-state index in [1.807, 2.05) is 18.2 Å². The van der Waals surface area contributed by atoms with Crippen LogP contribution in [0.15, 0.2) is 18.2 Å². The van der Waals surface area contributed by atoms with Crippen molar-refractivity contribution in [3.63, 3.8) is 0 Å². The second-order valence-corrected chi connectivity index (χ2v) is 4.73. The van der Waals surface area contributed by atoms with Gasteiger partial charge in [-0.1, -0.05) is 0 Å². The van der Waals surface area contributed by atoms with Crippen LogP contribution in [0.5, 0.6) is 5.75 Å². The van der Waals surface area contributed by atoms with E-state index in [-0.39, 0.29) is 0 Å². The van der Waals surface area contributed by atoms with Crippen LogP contribution in [0.25, 0.3) is 10.9 Å². The summed E-state index contributed by atoms with van der Waals surface area (Å²) in [6.07, 6.45) is 2.40. The van der Waals surface area contributed by atoms with Crippen LogP contribution >= 0.6 is 11.6 Å². The highest BCUT2D eigenvalue weighted by Gasteiger charge is 2.18. The van der Waals surface area contributed by atoms with Gasteiger partial charge in [-0.2, -0.15) is 4.98 Å². The Hall–Kier alpha value is -1.55. The highest BCUT2D eigenvalue weighted by atomic mass is 35.5. The van der Waals surface area contributed by atoms with Gasteiger partial charge in [-0.05, 0) is 42.6 Å². The zero-order valence-corrected chi connectivity index (χ0v) is 10.9. The first-order chi connectivity index (χ1) is 8.78. The van der Waals surface area contributed by atoms with E-state index in [1.165, 1.54) is 12.8 Å². The van der Waals surface area contributed by atoms with Crippen molar-refractivity contribution >= 4 is 28.3 Å². The number of fused-ring (bicyclic) bond motifs is 1. The fourth-order valence-electron chi connectivity index (χ4n) is 2.36. The molecule has 1 aromatic heterocycles. The molecular formula is C13H14ClN3O. The van der Waals surface area contributed by atoms with Gasteiger partial charge in [0.1, 0.15) is 11.6 Å². The van der Waals surface area contributed by atoms with Gasteiger partial charge in [0, 0.05) is 18.5 Å². The molecule has 0 radical (unpaired) electrons. The molecule has 3 rings (SSSR count). The Morgan fingerprint density at radius 2 is 2.00 bits per heavy atom. The van der Waals surface area contributed by atoms with Crippen LogP contribution < -0.4 is 9.64 Å². The summed E-state index contributed by atoms with van der Waals surface area (Å²) in [5.41, 5.74) is 0.859. The molecule has 2 aromatic rings. The fraction of sp³-hybridized carbons (Fsp3) is 0.385. The smallest absolute Gasteiger partial charge is 0.224 e. The topological polar surface area (TPSA) is 38.3 Å². The highest BCUT2D eigenvalue weighted by Crippen LogP contribution is 2.30. The molecule has 0 aliphatic carbocycles. The lowest BCUT2D eigenvalue weighted by Gasteiger charge is -2.18. The third kappa shape index (κ3) is 1.97. The Labute approximate surface area is 111 Å². The average molecular weight is 264 g/mol. The van der Waals surface area contributed by atoms with Crippen molar-refractivity contribution in [2.24, 2.45) is 0 Å². The molecule has 1 aromatic carbocycles. The molecule has 5 heteroatoms. The third-order valence-electron chi connectivity index (χ3n) is 3.26. The van der Waals surface area contributed by atoms with Gasteiger partial charge in [-0.25, -0.2) is 4.98 Å². The lowest BCUT2D eigenvalue weighted by Crippen LogP contribution is -2.19. The highest BCUT2D eigenvalue weighted by molar-refractivity contribution is 6.28. The summed E-state index contributed by atoms with van der Waals surface area (Å²) in [6, 6.07) is 5.78. The van der Waals surface area contributed by atoms with Gasteiger partial charge in [0.25, 0.3) is 0 Å². The number of halogens is 1. The minimum Gasteiger partial charge on any atom is -0.497 e. The van der Waals surface area contributed by atoms with Crippen LogP contribution in [0.2, 0.25) is 5.28 Å². The lowest BCUT2D eigenvalue weighted by molar-refractivity contribution is 0.415. The maximum Gasteiger partial charge on any atom is 0.224 e. The normalized spacial score (nSPS) is 15.3. The Balaban J connectivity index is 2.20. The van der Waals surface area contributed by atoms with Crippen LogP contribution in [0.4, 0.5) is 5.82 Å². The molecule has 0 amide bonds. The number of nitrogens with zero attached hydrogens (tertiary/aromatic N) is 3. The second-order valence-electron chi connectivity index (χ2n) is 4.39. The summed E-state index contributed by atoms with van der Waals surface area (Å²) >= 11 is 6.00. The molecule has 1 aliphatic heterocycles. The van der Waals surface area contributed by atoms with Gasteiger partial charge < -0.3 is 9.64 Å². The number of benzene rings is 1. The predicted molar refractivity (Wildman–Crippen MR) is 72.5 cm³/mol. The number of methoxy groups -OCH3 is 1. The molecule has 0 spiro atoms. The summed E-state index contributed by atoms with van der Waals surface area (Å²) in [4.78, 5) is 10.9. The first kappa shape index (κ1) is 11.5. The largest absolute Gasteiger partial charge is 0.497 e. The summed E-state index contributed by atoms with van der Waals surface area (Å²) in [7, 11) is 1.66. The van der Waals surface area contributed by atoms with Gasteiger partial charge in [0.2, 0.25) is 5.28 Å². The van der Waals surface area contributed by atoms with Crippen LogP contribution in [0, 0.1) is 0 Å². The van der Waals surface area contributed by atoms with Gasteiger partial charge >= 0.3 is 0 Å². The Bertz CT molecular complexity index is 582. The molecule has 2 heterocycles. The van der Waals surface area contributed by atoms with E-state index in [1.54, 1.807) is 7.11 Å². The Morgan fingerprint density at radius 1 is 1.22 bits per heavy atom. The molecule has 0 atom stereocenters. The fourth-order valence-corrected chi connectivity index (χ4v) is 2.53. The first-order valence-corrected chi connectivity index (χ1v) is 6.42. The number of rotatable bonds is 2. The lowest BCUT2D eigenvalue weighted by atomic mass is 10.2. The molecule has 0 unspecified atom stereocenters.